The van der Waals surface area contributed by atoms with Gasteiger partial charge >= 0.3 is 11.7 Å². The highest BCUT2D eigenvalue weighted by Gasteiger charge is 2.40. The van der Waals surface area contributed by atoms with Gasteiger partial charge < -0.3 is 14.1 Å². The number of benzene rings is 1. The molecule has 1 aromatic carbocycles. The number of likely N-dealkylation sites (N-methyl/N-ethyl adjacent to an activating group) is 1. The van der Waals surface area contributed by atoms with Crippen LogP contribution in [0.1, 0.15) is 39.0 Å². The monoisotopic (exact) mass is 412 g/mol. The molecule has 158 valence electrons. The maximum absolute atomic E-state index is 12.7. The average Bonchev–Trinajstić information content (AvgIpc) is 3.13. The molecule has 0 N–H and O–H groups in total. The lowest BCUT2D eigenvalue weighted by Crippen LogP contribution is -2.53. The summed E-state index contributed by atoms with van der Waals surface area (Å²) in [5.41, 5.74) is -0.273. The Labute approximate surface area is 173 Å². The van der Waals surface area contributed by atoms with Crippen LogP contribution >= 0.6 is 0 Å². The van der Waals surface area contributed by atoms with Gasteiger partial charge in [0.25, 0.3) is 5.91 Å². The van der Waals surface area contributed by atoms with E-state index in [1.807, 2.05) is 6.07 Å². The molecule has 0 radical (unpaired) electrons. The average molecular weight is 412 g/mol. The van der Waals surface area contributed by atoms with Crippen LogP contribution in [-0.2, 0) is 20.9 Å². The van der Waals surface area contributed by atoms with Crippen molar-refractivity contribution in [2.45, 2.75) is 57.2 Å². The maximum atomic E-state index is 12.7. The molecule has 1 aliphatic rings. The smallest absolute Gasteiger partial charge is 0.437 e. The number of hydrogen-bond donors (Lipinski definition) is 0. The van der Waals surface area contributed by atoms with Gasteiger partial charge in [-0.25, -0.2) is 4.79 Å². The summed E-state index contributed by atoms with van der Waals surface area (Å²) < 4.78 is 11.1. The number of hydrogen-bond acceptors (Lipinski definition) is 7. The molecule has 2 aromatic rings. The van der Waals surface area contributed by atoms with Crippen LogP contribution in [0.15, 0.2) is 39.5 Å². The number of carbonyl (C=O) groups is 2. The second kappa shape index (κ2) is 8.95. The molecule has 9 nitrogen and oxygen atoms in total. The first-order valence-electron chi connectivity index (χ1n) is 9.88. The highest BCUT2D eigenvalue weighted by Crippen LogP contribution is 2.32. The van der Waals surface area contributed by atoms with Crippen LogP contribution in [0.3, 0.4) is 0 Å². The summed E-state index contributed by atoms with van der Waals surface area (Å²) in [6, 6.07) is 11.1. The van der Waals surface area contributed by atoms with Crippen LogP contribution in [0.4, 0.5) is 0 Å². The molecule has 0 aliphatic heterocycles. The van der Waals surface area contributed by atoms with Crippen molar-refractivity contribution in [1.82, 2.24) is 14.7 Å². The molecule has 1 aromatic heterocycles. The van der Waals surface area contributed by atoms with E-state index in [2.05, 4.69) is 11.2 Å². The van der Waals surface area contributed by atoms with E-state index in [-0.39, 0.29) is 5.89 Å². The summed E-state index contributed by atoms with van der Waals surface area (Å²) in [6.45, 7) is 0.964. The second-order valence-electron chi connectivity index (χ2n) is 7.43. The molecule has 0 spiro atoms. The lowest BCUT2D eigenvalue weighted by Gasteiger charge is -2.39. The molecular weight excluding hydrogens is 388 g/mol. The van der Waals surface area contributed by atoms with Crippen LogP contribution in [0, 0.1) is 11.3 Å². The van der Waals surface area contributed by atoms with Gasteiger partial charge in [0.05, 0.1) is 6.07 Å². The fourth-order valence-corrected chi connectivity index (χ4v) is 3.65. The molecule has 1 saturated carbocycles. The van der Waals surface area contributed by atoms with Crippen LogP contribution in [0.25, 0.3) is 11.5 Å². The minimum atomic E-state index is -1.09. The van der Waals surface area contributed by atoms with Crippen molar-refractivity contribution in [3.8, 4) is 17.5 Å². The fourth-order valence-electron chi connectivity index (χ4n) is 3.65. The third-order valence-corrected chi connectivity index (χ3v) is 5.42. The van der Waals surface area contributed by atoms with Crippen molar-refractivity contribution in [2.75, 3.05) is 7.05 Å². The van der Waals surface area contributed by atoms with E-state index in [0.717, 1.165) is 23.9 Å². The molecule has 0 unspecified atom stereocenters. The molecule has 3 rings (SSSR count). The number of nitrogens with zero attached hydrogens (tertiary/aromatic N) is 4. The molecule has 1 aliphatic carbocycles. The number of amides is 1. The van der Waals surface area contributed by atoms with Gasteiger partial charge in [-0.15, -0.1) is 5.10 Å². The Morgan fingerprint density at radius 1 is 1.30 bits per heavy atom. The standard InChI is InChI=1S/C21H24N4O5/c1-15(19(27)24(2)21(14-22)11-7-4-8-12-21)29-17(26)13-25-20(28)30-18(23-25)16-9-5-3-6-10-16/h3,5-6,9-10,15H,4,7-8,11-13H2,1-2H3/t15-/m0/s1. The number of rotatable bonds is 6. The number of ether oxygens (including phenoxy) is 1. The summed E-state index contributed by atoms with van der Waals surface area (Å²) >= 11 is 0. The molecule has 0 bridgehead atoms. The first kappa shape index (κ1) is 21.3. The topological polar surface area (TPSA) is 118 Å². The molecule has 1 atom stereocenters. The number of aromatic nitrogens is 2. The van der Waals surface area contributed by atoms with E-state index in [0.29, 0.717) is 18.4 Å². The second-order valence-corrected chi connectivity index (χ2v) is 7.43. The maximum Gasteiger partial charge on any atom is 0.437 e. The van der Waals surface area contributed by atoms with Crippen molar-refractivity contribution in [2.24, 2.45) is 0 Å². The summed E-state index contributed by atoms with van der Waals surface area (Å²) in [4.78, 5) is 38.4. The molecule has 1 heterocycles. The number of esters is 1. The van der Waals surface area contributed by atoms with E-state index in [1.54, 1.807) is 31.3 Å². The summed E-state index contributed by atoms with van der Waals surface area (Å²) in [6.07, 6.45) is 2.89. The van der Waals surface area contributed by atoms with Gasteiger partial charge in [0.15, 0.2) is 6.10 Å². The first-order chi connectivity index (χ1) is 14.4. The molecule has 1 fully saturated rings. The highest BCUT2D eigenvalue weighted by molar-refractivity contribution is 5.84. The van der Waals surface area contributed by atoms with Crippen LogP contribution in [0.5, 0.6) is 0 Å². The third kappa shape index (κ3) is 4.43. The number of carbonyl (C=O) groups excluding carboxylic acids is 2. The van der Waals surface area contributed by atoms with Gasteiger partial charge in [0, 0.05) is 12.6 Å². The van der Waals surface area contributed by atoms with Crippen molar-refractivity contribution in [3.63, 3.8) is 0 Å². The molecular formula is C21H24N4O5. The molecule has 1 amide bonds. The zero-order valence-electron chi connectivity index (χ0n) is 17.0. The zero-order valence-corrected chi connectivity index (χ0v) is 17.0. The van der Waals surface area contributed by atoms with Crippen molar-refractivity contribution in [1.29, 1.82) is 5.26 Å². The fraction of sp³-hybridized carbons (Fsp3) is 0.476. The van der Waals surface area contributed by atoms with Gasteiger partial charge in [-0.1, -0.05) is 37.5 Å². The Hall–Kier alpha value is -3.41. The minimum Gasteiger partial charge on any atom is -0.451 e. The predicted molar refractivity (Wildman–Crippen MR) is 106 cm³/mol. The normalized spacial score (nSPS) is 16.3. The van der Waals surface area contributed by atoms with E-state index in [4.69, 9.17) is 9.15 Å². The largest absolute Gasteiger partial charge is 0.451 e. The highest BCUT2D eigenvalue weighted by atomic mass is 16.5. The summed E-state index contributed by atoms with van der Waals surface area (Å²) in [5.74, 6) is -1.96. The lowest BCUT2D eigenvalue weighted by atomic mass is 9.81. The van der Waals surface area contributed by atoms with E-state index in [1.165, 1.54) is 11.8 Å². The van der Waals surface area contributed by atoms with Gasteiger partial charge in [0.2, 0.25) is 5.89 Å². The minimum absolute atomic E-state index is 0.0884. The predicted octanol–water partition coefficient (Wildman–Crippen LogP) is 2.12. The van der Waals surface area contributed by atoms with Crippen LogP contribution in [-0.4, -0.2) is 45.2 Å². The van der Waals surface area contributed by atoms with E-state index in [9.17, 15) is 19.6 Å². The van der Waals surface area contributed by atoms with Crippen molar-refractivity contribution in [3.05, 3.63) is 40.9 Å². The summed E-state index contributed by atoms with van der Waals surface area (Å²) in [5, 5.41) is 13.6. The van der Waals surface area contributed by atoms with E-state index < -0.39 is 35.8 Å². The zero-order chi connectivity index (χ0) is 21.7. The van der Waals surface area contributed by atoms with Gasteiger partial charge in [0.1, 0.15) is 12.1 Å². The molecule has 0 saturated heterocycles. The van der Waals surface area contributed by atoms with Crippen LogP contribution < -0.4 is 5.76 Å². The Balaban J connectivity index is 1.63. The van der Waals surface area contributed by atoms with Crippen LogP contribution in [0.2, 0.25) is 0 Å². The Morgan fingerprint density at radius 2 is 1.97 bits per heavy atom. The Morgan fingerprint density at radius 3 is 2.60 bits per heavy atom. The van der Waals surface area contributed by atoms with Gasteiger partial charge in [-0.2, -0.15) is 9.94 Å². The molecule has 9 heteroatoms. The Bertz CT molecular complexity index is 998. The SMILES string of the molecule is C[C@H](OC(=O)Cn1nc(-c2ccccc2)oc1=O)C(=O)N(C)C1(C#N)CCCCC1. The first-order valence-corrected chi connectivity index (χ1v) is 9.88. The third-order valence-electron chi connectivity index (χ3n) is 5.42. The Kier molecular flexibility index (Phi) is 6.35. The number of nitriles is 1. The van der Waals surface area contributed by atoms with Crippen molar-refractivity contribution < 1.29 is 18.7 Å². The quantitative estimate of drug-likeness (QED) is 0.667. The summed E-state index contributed by atoms with van der Waals surface area (Å²) in [7, 11) is 1.56. The van der Waals surface area contributed by atoms with Gasteiger partial charge in [-0.3, -0.25) is 9.59 Å². The lowest BCUT2D eigenvalue weighted by molar-refractivity contribution is -0.161. The van der Waals surface area contributed by atoms with Gasteiger partial charge in [-0.05, 0) is 31.9 Å². The molecule has 30 heavy (non-hydrogen) atoms. The van der Waals surface area contributed by atoms with Crippen molar-refractivity contribution >= 4 is 11.9 Å². The van der Waals surface area contributed by atoms with E-state index >= 15 is 0 Å².